The summed E-state index contributed by atoms with van der Waals surface area (Å²) in [5.74, 6) is -0.566. The molecule has 0 bridgehead atoms. The zero-order chi connectivity index (χ0) is 15.3. The predicted molar refractivity (Wildman–Crippen MR) is 78.4 cm³/mol. The second-order valence-electron chi connectivity index (χ2n) is 4.86. The third kappa shape index (κ3) is 4.13. The maximum atomic E-state index is 13.4. The maximum Gasteiger partial charge on any atom is 0.243 e. The molecule has 112 valence electrons. The summed E-state index contributed by atoms with van der Waals surface area (Å²) >= 11 is 0. The lowest BCUT2D eigenvalue weighted by atomic mass is 10.2. The average molecular weight is 300 g/mol. The SMILES string of the molecule is C=CCN(C)S(=O)(=O)c1cc(F)ccc1CNC(C)C. The Morgan fingerprint density at radius 3 is 2.65 bits per heavy atom. The molecule has 0 aliphatic carbocycles. The van der Waals surface area contributed by atoms with Gasteiger partial charge >= 0.3 is 0 Å². The van der Waals surface area contributed by atoms with Gasteiger partial charge in [0.25, 0.3) is 0 Å². The molecule has 0 saturated carbocycles. The van der Waals surface area contributed by atoms with E-state index in [1.807, 2.05) is 13.8 Å². The van der Waals surface area contributed by atoms with Gasteiger partial charge in [0.05, 0.1) is 4.90 Å². The Morgan fingerprint density at radius 2 is 2.10 bits per heavy atom. The fraction of sp³-hybridized carbons (Fsp3) is 0.429. The van der Waals surface area contributed by atoms with Crippen LogP contribution in [0.2, 0.25) is 0 Å². The summed E-state index contributed by atoms with van der Waals surface area (Å²) in [6, 6.07) is 4.04. The second kappa shape index (κ2) is 6.97. The highest BCUT2D eigenvalue weighted by Crippen LogP contribution is 2.21. The second-order valence-corrected chi connectivity index (χ2v) is 6.88. The van der Waals surface area contributed by atoms with E-state index in [1.165, 1.54) is 25.3 Å². The van der Waals surface area contributed by atoms with Crippen LogP contribution in [0.4, 0.5) is 4.39 Å². The van der Waals surface area contributed by atoms with E-state index in [1.54, 1.807) is 0 Å². The molecule has 1 N–H and O–H groups in total. The fourth-order valence-corrected chi connectivity index (χ4v) is 3.05. The summed E-state index contributed by atoms with van der Waals surface area (Å²) in [6.45, 7) is 7.98. The minimum absolute atomic E-state index is 0.00463. The van der Waals surface area contributed by atoms with E-state index in [-0.39, 0.29) is 17.5 Å². The van der Waals surface area contributed by atoms with Crippen molar-refractivity contribution in [3.05, 3.63) is 42.2 Å². The topological polar surface area (TPSA) is 49.4 Å². The molecule has 0 amide bonds. The van der Waals surface area contributed by atoms with E-state index >= 15 is 0 Å². The van der Waals surface area contributed by atoms with Crippen molar-refractivity contribution in [3.8, 4) is 0 Å². The minimum Gasteiger partial charge on any atom is -0.310 e. The van der Waals surface area contributed by atoms with Crippen LogP contribution in [-0.4, -0.2) is 32.4 Å². The Morgan fingerprint density at radius 1 is 1.45 bits per heavy atom. The maximum absolute atomic E-state index is 13.4. The van der Waals surface area contributed by atoms with Crippen molar-refractivity contribution in [3.63, 3.8) is 0 Å². The van der Waals surface area contributed by atoms with E-state index in [4.69, 9.17) is 0 Å². The van der Waals surface area contributed by atoms with Crippen molar-refractivity contribution in [2.45, 2.75) is 31.3 Å². The monoisotopic (exact) mass is 300 g/mol. The first-order valence-electron chi connectivity index (χ1n) is 6.38. The van der Waals surface area contributed by atoms with Gasteiger partial charge in [0.2, 0.25) is 10.0 Å². The highest BCUT2D eigenvalue weighted by atomic mass is 32.2. The van der Waals surface area contributed by atoms with Gasteiger partial charge in [-0.25, -0.2) is 12.8 Å². The molecule has 0 fully saturated rings. The third-order valence-electron chi connectivity index (χ3n) is 2.80. The van der Waals surface area contributed by atoms with Crippen molar-refractivity contribution >= 4 is 10.0 Å². The number of nitrogens with zero attached hydrogens (tertiary/aromatic N) is 1. The first-order chi connectivity index (χ1) is 9.28. The van der Waals surface area contributed by atoms with Crippen molar-refractivity contribution in [1.82, 2.24) is 9.62 Å². The first kappa shape index (κ1) is 16.8. The number of rotatable bonds is 7. The van der Waals surface area contributed by atoms with Crippen molar-refractivity contribution < 1.29 is 12.8 Å². The van der Waals surface area contributed by atoms with Crippen LogP contribution in [0, 0.1) is 5.82 Å². The summed E-state index contributed by atoms with van der Waals surface area (Å²) in [6.07, 6.45) is 1.49. The van der Waals surface area contributed by atoms with Gasteiger partial charge in [-0.3, -0.25) is 0 Å². The molecule has 0 radical (unpaired) electrons. The molecular formula is C14H21FN2O2S. The standard InChI is InChI=1S/C14H21FN2O2S/c1-5-8-17(4)20(18,19)14-9-13(15)7-6-12(14)10-16-11(2)3/h5-7,9,11,16H,1,8,10H2,2-4H3. The van der Waals surface area contributed by atoms with E-state index in [2.05, 4.69) is 11.9 Å². The van der Waals surface area contributed by atoms with Crippen LogP contribution >= 0.6 is 0 Å². The van der Waals surface area contributed by atoms with Crippen molar-refractivity contribution in [1.29, 1.82) is 0 Å². The Hall–Kier alpha value is -1.24. The lowest BCUT2D eigenvalue weighted by Gasteiger charge is -2.18. The van der Waals surface area contributed by atoms with Gasteiger partial charge < -0.3 is 5.32 Å². The zero-order valence-corrected chi connectivity index (χ0v) is 12.9. The number of hydrogen-bond acceptors (Lipinski definition) is 3. The van der Waals surface area contributed by atoms with Gasteiger partial charge in [0.15, 0.2) is 0 Å². The van der Waals surface area contributed by atoms with Gasteiger partial charge in [-0.05, 0) is 17.7 Å². The summed E-state index contributed by atoms with van der Waals surface area (Å²) in [4.78, 5) is -0.00463. The van der Waals surface area contributed by atoms with Crippen LogP contribution in [0.1, 0.15) is 19.4 Å². The number of sulfonamides is 1. The van der Waals surface area contributed by atoms with Crippen LogP contribution in [0.5, 0.6) is 0 Å². The summed E-state index contributed by atoms with van der Waals surface area (Å²) in [5, 5.41) is 3.14. The minimum atomic E-state index is -3.72. The third-order valence-corrected chi connectivity index (χ3v) is 4.71. The molecule has 1 aromatic carbocycles. The number of nitrogens with one attached hydrogen (secondary N) is 1. The van der Waals surface area contributed by atoms with E-state index in [9.17, 15) is 12.8 Å². The Labute approximate surface area is 120 Å². The smallest absolute Gasteiger partial charge is 0.243 e. The molecule has 0 atom stereocenters. The van der Waals surface area contributed by atoms with Crippen LogP contribution in [0.25, 0.3) is 0 Å². The summed E-state index contributed by atoms with van der Waals surface area (Å²) < 4.78 is 39.4. The molecule has 0 heterocycles. The molecular weight excluding hydrogens is 279 g/mol. The van der Waals surface area contributed by atoms with Crippen molar-refractivity contribution in [2.75, 3.05) is 13.6 Å². The van der Waals surface area contributed by atoms with Gasteiger partial charge in [-0.2, -0.15) is 4.31 Å². The molecule has 0 saturated heterocycles. The molecule has 0 unspecified atom stereocenters. The quantitative estimate of drug-likeness (QED) is 0.785. The zero-order valence-electron chi connectivity index (χ0n) is 12.1. The first-order valence-corrected chi connectivity index (χ1v) is 7.82. The molecule has 1 rings (SSSR count). The molecule has 0 spiro atoms. The van der Waals surface area contributed by atoms with Crippen LogP contribution in [-0.2, 0) is 16.6 Å². The average Bonchev–Trinajstić information content (AvgIpc) is 2.37. The summed E-state index contributed by atoms with van der Waals surface area (Å²) in [7, 11) is -2.27. The molecule has 1 aromatic rings. The Balaban J connectivity index is 3.20. The molecule has 20 heavy (non-hydrogen) atoms. The normalized spacial score (nSPS) is 12.1. The largest absolute Gasteiger partial charge is 0.310 e. The predicted octanol–water partition coefficient (Wildman–Crippen LogP) is 2.13. The molecule has 6 heteroatoms. The molecule has 0 aliphatic heterocycles. The molecule has 4 nitrogen and oxygen atoms in total. The number of hydrogen-bond donors (Lipinski definition) is 1. The van der Waals surface area contributed by atoms with Crippen LogP contribution in [0.15, 0.2) is 35.7 Å². The van der Waals surface area contributed by atoms with Gasteiger partial charge in [0, 0.05) is 26.2 Å². The van der Waals surface area contributed by atoms with E-state index in [0.717, 1.165) is 10.4 Å². The van der Waals surface area contributed by atoms with Crippen molar-refractivity contribution in [2.24, 2.45) is 0 Å². The van der Waals surface area contributed by atoms with Crippen LogP contribution in [0.3, 0.4) is 0 Å². The molecule has 0 aromatic heterocycles. The highest BCUT2D eigenvalue weighted by molar-refractivity contribution is 7.89. The number of likely N-dealkylation sites (N-methyl/N-ethyl adjacent to an activating group) is 1. The van der Waals surface area contributed by atoms with Crippen LogP contribution < -0.4 is 5.32 Å². The Kier molecular flexibility index (Phi) is 5.86. The number of halogens is 1. The van der Waals surface area contributed by atoms with Gasteiger partial charge in [-0.1, -0.05) is 26.0 Å². The highest BCUT2D eigenvalue weighted by Gasteiger charge is 2.23. The number of benzene rings is 1. The fourth-order valence-electron chi connectivity index (χ4n) is 1.68. The Bertz CT molecular complexity index is 571. The van der Waals surface area contributed by atoms with Gasteiger partial charge in [0.1, 0.15) is 5.82 Å². The molecule has 0 aliphatic rings. The lowest BCUT2D eigenvalue weighted by Crippen LogP contribution is -2.29. The van der Waals surface area contributed by atoms with Gasteiger partial charge in [-0.15, -0.1) is 6.58 Å². The van der Waals surface area contributed by atoms with E-state index in [0.29, 0.717) is 12.1 Å². The lowest BCUT2D eigenvalue weighted by molar-refractivity contribution is 0.495. The summed E-state index contributed by atoms with van der Waals surface area (Å²) in [5.41, 5.74) is 0.552. The van der Waals surface area contributed by atoms with E-state index < -0.39 is 15.8 Å².